The summed E-state index contributed by atoms with van der Waals surface area (Å²) in [7, 11) is 0. The van der Waals surface area contributed by atoms with Gasteiger partial charge in [0.15, 0.2) is 0 Å². The Kier molecular flexibility index (Phi) is 8.66. The van der Waals surface area contributed by atoms with Crippen LogP contribution in [0.4, 0.5) is 4.79 Å². The average molecular weight is 262 g/mol. The molecule has 5 nitrogen and oxygen atoms in total. The Hall–Kier alpha value is -0.910. The van der Waals surface area contributed by atoms with E-state index in [1.54, 1.807) is 18.7 Å². The number of carbonyl (C=O) groups excluding carboxylic acids is 1. The molecule has 0 aromatic carbocycles. The van der Waals surface area contributed by atoms with Crippen LogP contribution < -0.4 is 10.6 Å². The highest BCUT2D eigenvalue weighted by Crippen LogP contribution is 2.02. The maximum Gasteiger partial charge on any atom is 0.315 e. The van der Waals surface area contributed by atoms with Crippen LogP contribution in [0.15, 0.2) is 0 Å². The van der Waals surface area contributed by atoms with Gasteiger partial charge in [-0.1, -0.05) is 13.8 Å². The van der Waals surface area contributed by atoms with Gasteiger partial charge in [-0.3, -0.25) is 4.79 Å². The summed E-state index contributed by atoms with van der Waals surface area (Å²) < 4.78 is 0. The minimum atomic E-state index is -0.873. The van der Waals surface area contributed by atoms with Crippen LogP contribution in [0.5, 0.6) is 0 Å². The number of rotatable bonds is 8. The molecule has 0 fully saturated rings. The van der Waals surface area contributed by atoms with Crippen molar-refractivity contribution in [3.63, 3.8) is 0 Å². The van der Waals surface area contributed by atoms with Gasteiger partial charge in [-0.15, -0.1) is 0 Å². The van der Waals surface area contributed by atoms with E-state index in [1.165, 1.54) is 0 Å². The summed E-state index contributed by atoms with van der Waals surface area (Å²) in [4.78, 5) is 22.2. The molecule has 0 radical (unpaired) electrons. The fourth-order valence-corrected chi connectivity index (χ4v) is 1.91. The maximum absolute atomic E-state index is 11.4. The molecule has 0 aliphatic heterocycles. The van der Waals surface area contributed by atoms with E-state index in [0.29, 0.717) is 6.42 Å². The van der Waals surface area contributed by atoms with Gasteiger partial charge in [0.25, 0.3) is 0 Å². The number of urea groups is 1. The molecule has 0 spiro atoms. The van der Waals surface area contributed by atoms with Gasteiger partial charge >= 0.3 is 12.0 Å². The van der Waals surface area contributed by atoms with Crippen LogP contribution >= 0.6 is 11.8 Å². The Bertz CT molecular complexity index is 249. The standard InChI is InChI=1S/C11H22N2O3S/c1-4-9(10(14)15)6-12-11(16)13-8(3)7-17-5-2/h8-9H,4-7H2,1-3H3,(H,14,15)(H2,12,13,16). The van der Waals surface area contributed by atoms with Gasteiger partial charge in [0.05, 0.1) is 5.92 Å². The van der Waals surface area contributed by atoms with Crippen LogP contribution in [0, 0.1) is 5.92 Å². The molecular weight excluding hydrogens is 240 g/mol. The minimum Gasteiger partial charge on any atom is -0.481 e. The molecule has 0 rings (SSSR count). The smallest absolute Gasteiger partial charge is 0.315 e. The Morgan fingerprint density at radius 3 is 2.47 bits per heavy atom. The molecule has 0 bridgehead atoms. The van der Waals surface area contributed by atoms with Gasteiger partial charge in [-0.05, 0) is 19.1 Å². The van der Waals surface area contributed by atoms with E-state index >= 15 is 0 Å². The average Bonchev–Trinajstić information content (AvgIpc) is 2.26. The molecule has 0 aliphatic rings. The van der Waals surface area contributed by atoms with Crippen LogP contribution in [0.3, 0.4) is 0 Å². The summed E-state index contributed by atoms with van der Waals surface area (Å²) in [6.07, 6.45) is 0.511. The van der Waals surface area contributed by atoms with E-state index in [0.717, 1.165) is 11.5 Å². The van der Waals surface area contributed by atoms with Gasteiger partial charge in [0, 0.05) is 18.3 Å². The molecule has 0 aliphatic carbocycles. The second-order valence-corrected chi connectivity index (χ2v) is 5.18. The third-order valence-corrected chi connectivity index (χ3v) is 3.44. The summed E-state index contributed by atoms with van der Waals surface area (Å²) in [5, 5.41) is 14.2. The Labute approximate surface area is 107 Å². The number of hydrogen-bond acceptors (Lipinski definition) is 3. The van der Waals surface area contributed by atoms with Crippen molar-refractivity contribution >= 4 is 23.8 Å². The lowest BCUT2D eigenvalue weighted by Gasteiger charge is -2.15. The molecular formula is C11H22N2O3S. The number of carbonyl (C=O) groups is 2. The first kappa shape index (κ1) is 16.1. The summed E-state index contributed by atoms with van der Waals surface area (Å²) in [6, 6.07) is -0.209. The molecule has 2 atom stereocenters. The van der Waals surface area contributed by atoms with Gasteiger partial charge < -0.3 is 15.7 Å². The summed E-state index contributed by atoms with van der Waals surface area (Å²) in [5.74, 6) is 0.494. The zero-order valence-corrected chi connectivity index (χ0v) is 11.5. The number of amides is 2. The number of carboxylic acid groups (broad SMARTS) is 1. The number of nitrogens with one attached hydrogen (secondary N) is 2. The number of carboxylic acids is 1. The zero-order chi connectivity index (χ0) is 13.3. The largest absolute Gasteiger partial charge is 0.481 e. The fourth-order valence-electron chi connectivity index (χ4n) is 1.23. The number of aliphatic carboxylic acids is 1. The first-order chi connectivity index (χ1) is 8.01. The molecule has 0 saturated heterocycles. The van der Waals surface area contributed by atoms with E-state index in [1.807, 2.05) is 6.92 Å². The molecule has 0 heterocycles. The highest BCUT2D eigenvalue weighted by molar-refractivity contribution is 7.99. The Balaban J connectivity index is 3.82. The highest BCUT2D eigenvalue weighted by atomic mass is 32.2. The predicted octanol–water partition coefficient (Wildman–Crippen LogP) is 1.54. The monoisotopic (exact) mass is 262 g/mol. The maximum atomic E-state index is 11.4. The summed E-state index contributed by atoms with van der Waals surface area (Å²) in [6.45, 7) is 5.96. The summed E-state index contributed by atoms with van der Waals surface area (Å²) in [5.41, 5.74) is 0. The molecule has 17 heavy (non-hydrogen) atoms. The van der Waals surface area contributed by atoms with E-state index in [2.05, 4.69) is 17.6 Å². The van der Waals surface area contributed by atoms with Gasteiger partial charge in [-0.2, -0.15) is 11.8 Å². The van der Waals surface area contributed by atoms with E-state index in [-0.39, 0.29) is 18.6 Å². The van der Waals surface area contributed by atoms with Crippen molar-refractivity contribution in [2.24, 2.45) is 5.92 Å². The molecule has 2 amide bonds. The van der Waals surface area contributed by atoms with Gasteiger partial charge in [0.2, 0.25) is 0 Å². The fraction of sp³-hybridized carbons (Fsp3) is 0.818. The molecule has 6 heteroatoms. The second kappa shape index (κ2) is 9.15. The molecule has 0 aromatic rings. The van der Waals surface area contributed by atoms with E-state index in [4.69, 9.17) is 5.11 Å². The van der Waals surface area contributed by atoms with Crippen molar-refractivity contribution in [3.05, 3.63) is 0 Å². The van der Waals surface area contributed by atoms with Crippen LogP contribution in [-0.2, 0) is 4.79 Å². The lowest BCUT2D eigenvalue weighted by atomic mass is 10.1. The van der Waals surface area contributed by atoms with Crippen molar-refractivity contribution in [3.8, 4) is 0 Å². The van der Waals surface area contributed by atoms with E-state index < -0.39 is 11.9 Å². The normalized spacial score (nSPS) is 13.8. The van der Waals surface area contributed by atoms with Crippen LogP contribution in [0.1, 0.15) is 27.2 Å². The van der Waals surface area contributed by atoms with Gasteiger partial charge in [0.1, 0.15) is 0 Å². The molecule has 3 N–H and O–H groups in total. The zero-order valence-electron chi connectivity index (χ0n) is 10.7. The molecule has 0 saturated carbocycles. The van der Waals surface area contributed by atoms with Crippen molar-refractivity contribution in [1.82, 2.24) is 10.6 Å². The number of thioether (sulfide) groups is 1. The van der Waals surface area contributed by atoms with Crippen LogP contribution in [-0.4, -0.2) is 41.2 Å². The van der Waals surface area contributed by atoms with Gasteiger partial charge in [-0.25, -0.2) is 4.79 Å². The number of hydrogen-bond donors (Lipinski definition) is 3. The predicted molar refractivity (Wildman–Crippen MR) is 70.4 cm³/mol. The van der Waals surface area contributed by atoms with Crippen LogP contribution in [0.2, 0.25) is 0 Å². The second-order valence-electron chi connectivity index (χ2n) is 3.86. The topological polar surface area (TPSA) is 78.4 Å². The SMILES string of the molecule is CCSCC(C)NC(=O)NCC(CC)C(=O)O. The third-order valence-electron chi connectivity index (χ3n) is 2.30. The highest BCUT2D eigenvalue weighted by Gasteiger charge is 2.16. The Morgan fingerprint density at radius 2 is 2.00 bits per heavy atom. The minimum absolute atomic E-state index is 0.0878. The lowest BCUT2D eigenvalue weighted by molar-refractivity contribution is -0.141. The summed E-state index contributed by atoms with van der Waals surface area (Å²) >= 11 is 1.76. The first-order valence-corrected chi connectivity index (χ1v) is 7.01. The van der Waals surface area contributed by atoms with E-state index in [9.17, 15) is 9.59 Å². The molecule has 2 unspecified atom stereocenters. The van der Waals surface area contributed by atoms with Crippen molar-refractivity contribution in [1.29, 1.82) is 0 Å². The third kappa shape index (κ3) is 7.90. The van der Waals surface area contributed by atoms with Crippen molar-refractivity contribution in [2.75, 3.05) is 18.1 Å². The lowest BCUT2D eigenvalue weighted by Crippen LogP contribution is -2.44. The van der Waals surface area contributed by atoms with Crippen LogP contribution in [0.25, 0.3) is 0 Å². The molecule has 0 aromatic heterocycles. The first-order valence-electron chi connectivity index (χ1n) is 5.86. The quantitative estimate of drug-likeness (QED) is 0.620. The van der Waals surface area contributed by atoms with Crippen molar-refractivity contribution < 1.29 is 14.7 Å². The molecule has 100 valence electrons. The Morgan fingerprint density at radius 1 is 1.35 bits per heavy atom. The van der Waals surface area contributed by atoms with Crippen molar-refractivity contribution in [2.45, 2.75) is 33.2 Å².